The fourth-order valence-corrected chi connectivity index (χ4v) is 3.54. The second-order valence-electron chi connectivity index (χ2n) is 6.60. The number of hydrogen-bond donors (Lipinski definition) is 0. The maximum atomic E-state index is 12.7. The van der Waals surface area contributed by atoms with Gasteiger partial charge in [-0.15, -0.1) is 0 Å². The van der Waals surface area contributed by atoms with E-state index in [1.165, 1.54) is 14.2 Å². The predicted molar refractivity (Wildman–Crippen MR) is 94.9 cm³/mol. The van der Waals surface area contributed by atoms with Gasteiger partial charge in [0.2, 0.25) is 0 Å². The molecule has 1 aromatic rings. The molecule has 3 heterocycles. The van der Waals surface area contributed by atoms with Crippen molar-refractivity contribution in [3.05, 3.63) is 31.5 Å². The molecule has 2 saturated heterocycles. The van der Waals surface area contributed by atoms with E-state index in [1.54, 1.807) is 6.55 Å². The molecule has 27 heavy (non-hydrogen) atoms. The Morgan fingerprint density at radius 3 is 1.78 bits per heavy atom. The molecule has 2 fully saturated rings. The van der Waals surface area contributed by atoms with E-state index in [-0.39, 0.29) is 38.4 Å². The molecule has 0 aromatic carbocycles. The monoisotopic (exact) mass is 403 g/mol. The summed E-state index contributed by atoms with van der Waals surface area (Å²) >= 11 is 0. The van der Waals surface area contributed by atoms with Gasteiger partial charge in [-0.25, -0.2) is 28.1 Å². The van der Waals surface area contributed by atoms with Crippen LogP contribution in [0.2, 0.25) is 6.55 Å². The number of rotatable bonds is 11. The van der Waals surface area contributed by atoms with Gasteiger partial charge in [-0.1, -0.05) is 0 Å². The normalized spacial score (nSPS) is 21.4. The van der Waals surface area contributed by atoms with Crippen molar-refractivity contribution in [1.82, 2.24) is 13.7 Å². The topological polar surface area (TPSA) is 119 Å². The Kier molecular flexibility index (Phi) is 6.13. The summed E-state index contributed by atoms with van der Waals surface area (Å²) in [6.07, 6.45) is 0.0681. The van der Waals surface area contributed by atoms with Crippen LogP contribution in [0.3, 0.4) is 0 Å². The van der Waals surface area contributed by atoms with Crippen LogP contribution in [0.15, 0.2) is 14.4 Å². The molecule has 2 unspecified atom stereocenters. The first kappa shape index (κ1) is 20.2. The molecule has 3 rings (SSSR count). The summed E-state index contributed by atoms with van der Waals surface area (Å²) in [6.45, 7) is 3.40. The Labute approximate surface area is 156 Å². The highest BCUT2D eigenvalue weighted by Gasteiger charge is 2.32. The molecule has 11 nitrogen and oxygen atoms in total. The fraction of sp³-hybridized carbons (Fsp3) is 0.800. The summed E-state index contributed by atoms with van der Waals surface area (Å²) < 4.78 is 29.5. The number of nitrogens with zero attached hydrogens (tertiary/aromatic N) is 3. The van der Waals surface area contributed by atoms with Crippen molar-refractivity contribution in [3.8, 4) is 0 Å². The zero-order valence-corrected chi connectivity index (χ0v) is 16.7. The van der Waals surface area contributed by atoms with Crippen molar-refractivity contribution < 1.29 is 22.8 Å². The minimum Gasteiger partial charge on any atom is -0.377 e. The highest BCUT2D eigenvalue weighted by Crippen LogP contribution is 2.11. The number of aromatic nitrogens is 3. The number of ether oxygens (including phenoxy) is 2. The first-order valence-corrected chi connectivity index (χ1v) is 11.0. The Morgan fingerprint density at radius 2 is 1.37 bits per heavy atom. The Bertz CT molecular complexity index is 783. The van der Waals surface area contributed by atoms with Crippen LogP contribution in [0.4, 0.5) is 0 Å². The van der Waals surface area contributed by atoms with Gasteiger partial charge in [-0.3, -0.25) is 0 Å². The Morgan fingerprint density at radius 1 is 0.926 bits per heavy atom. The second kappa shape index (κ2) is 8.20. The van der Waals surface area contributed by atoms with E-state index >= 15 is 0 Å². The standard InChI is InChI=1S/C15H25N3O8Si/c1-22-27(3,23-2)26-6-4-5-16-13(19)17(7-11-9-24-11)15(21)18(14(16)20)8-12-10-25-12/h11-12H,4-10H2,1-3H3. The van der Waals surface area contributed by atoms with Gasteiger partial charge in [-0.2, -0.15) is 0 Å². The van der Waals surface area contributed by atoms with Crippen molar-refractivity contribution in [2.45, 2.75) is 44.8 Å². The highest BCUT2D eigenvalue weighted by atomic mass is 28.4. The minimum atomic E-state index is -2.68. The molecule has 0 bridgehead atoms. The van der Waals surface area contributed by atoms with E-state index in [0.717, 1.165) is 13.7 Å². The van der Waals surface area contributed by atoms with E-state index in [1.807, 2.05) is 0 Å². The van der Waals surface area contributed by atoms with E-state index in [9.17, 15) is 14.4 Å². The van der Waals surface area contributed by atoms with Crippen LogP contribution in [0.5, 0.6) is 0 Å². The smallest absolute Gasteiger partial charge is 0.377 e. The molecule has 2 atom stereocenters. The maximum Gasteiger partial charge on any atom is 0.497 e. The summed E-state index contributed by atoms with van der Waals surface area (Å²) in [5.41, 5.74) is -1.89. The van der Waals surface area contributed by atoms with Crippen LogP contribution in [-0.4, -0.2) is 68.8 Å². The first-order chi connectivity index (χ1) is 12.9. The summed E-state index contributed by atoms with van der Waals surface area (Å²) in [4.78, 5) is 37.9. The third kappa shape index (κ3) is 4.83. The van der Waals surface area contributed by atoms with Crippen LogP contribution in [0, 0.1) is 0 Å². The summed E-state index contributed by atoms with van der Waals surface area (Å²) in [5, 5.41) is 0. The highest BCUT2D eigenvalue weighted by molar-refractivity contribution is 6.59. The van der Waals surface area contributed by atoms with Gasteiger partial charge in [0.25, 0.3) is 0 Å². The van der Waals surface area contributed by atoms with Gasteiger partial charge in [0.05, 0.1) is 38.5 Å². The third-order valence-electron chi connectivity index (χ3n) is 4.59. The Hall–Kier alpha value is -1.57. The molecule has 2 aliphatic rings. The third-order valence-corrected chi connectivity index (χ3v) is 6.81. The SMILES string of the molecule is CO[Si](C)(OC)OCCCn1c(=O)n(CC2CO2)c(=O)n(CC2CO2)c1=O. The molecule has 2 aliphatic heterocycles. The lowest BCUT2D eigenvalue weighted by Gasteiger charge is -2.22. The number of hydrogen-bond acceptors (Lipinski definition) is 8. The lowest BCUT2D eigenvalue weighted by Crippen LogP contribution is -2.55. The molecule has 0 N–H and O–H groups in total. The lowest BCUT2D eigenvalue weighted by atomic mass is 10.4. The van der Waals surface area contributed by atoms with E-state index < -0.39 is 25.9 Å². The molecule has 12 heteroatoms. The molecular weight excluding hydrogens is 378 g/mol. The van der Waals surface area contributed by atoms with Gasteiger partial charge >= 0.3 is 25.9 Å². The first-order valence-electron chi connectivity index (χ1n) is 8.80. The van der Waals surface area contributed by atoms with Crippen LogP contribution < -0.4 is 17.1 Å². The summed E-state index contributed by atoms with van der Waals surface area (Å²) in [7, 11) is 0.338. The molecule has 1 aromatic heterocycles. The van der Waals surface area contributed by atoms with E-state index in [2.05, 4.69) is 0 Å². The fourth-order valence-electron chi connectivity index (χ4n) is 2.62. The largest absolute Gasteiger partial charge is 0.497 e. The van der Waals surface area contributed by atoms with E-state index in [4.69, 9.17) is 22.8 Å². The van der Waals surface area contributed by atoms with Crippen molar-refractivity contribution in [2.24, 2.45) is 0 Å². The average Bonchev–Trinajstić information content (AvgIpc) is 3.57. The average molecular weight is 403 g/mol. The summed E-state index contributed by atoms with van der Waals surface area (Å²) in [5.74, 6) is 0. The lowest BCUT2D eigenvalue weighted by molar-refractivity contribution is 0.103. The van der Waals surface area contributed by atoms with Crippen molar-refractivity contribution in [1.29, 1.82) is 0 Å². The van der Waals surface area contributed by atoms with E-state index in [0.29, 0.717) is 19.6 Å². The molecule has 0 radical (unpaired) electrons. The van der Waals surface area contributed by atoms with Crippen molar-refractivity contribution in [2.75, 3.05) is 34.0 Å². The van der Waals surface area contributed by atoms with Crippen LogP contribution in [0.25, 0.3) is 0 Å². The summed E-state index contributed by atoms with van der Waals surface area (Å²) in [6, 6.07) is 0. The van der Waals surface area contributed by atoms with Gasteiger partial charge < -0.3 is 22.8 Å². The minimum absolute atomic E-state index is 0.118. The second-order valence-corrected chi connectivity index (χ2v) is 9.43. The van der Waals surface area contributed by atoms with Crippen molar-refractivity contribution >= 4 is 8.80 Å². The van der Waals surface area contributed by atoms with Crippen LogP contribution in [0.1, 0.15) is 6.42 Å². The van der Waals surface area contributed by atoms with Crippen molar-refractivity contribution in [3.63, 3.8) is 0 Å². The number of epoxide rings is 2. The zero-order valence-electron chi connectivity index (χ0n) is 15.7. The predicted octanol–water partition coefficient (Wildman–Crippen LogP) is -1.76. The zero-order chi connectivity index (χ0) is 19.6. The van der Waals surface area contributed by atoms with Gasteiger partial charge in [-0.05, 0) is 6.42 Å². The van der Waals surface area contributed by atoms with Gasteiger partial charge in [0.1, 0.15) is 0 Å². The van der Waals surface area contributed by atoms with Gasteiger partial charge in [0, 0.05) is 33.9 Å². The maximum absolute atomic E-state index is 12.7. The Balaban J connectivity index is 1.79. The molecule has 0 amide bonds. The van der Waals surface area contributed by atoms with Crippen LogP contribution in [-0.2, 0) is 42.4 Å². The van der Waals surface area contributed by atoms with Crippen LogP contribution >= 0.6 is 0 Å². The van der Waals surface area contributed by atoms with Gasteiger partial charge in [0.15, 0.2) is 0 Å². The quantitative estimate of drug-likeness (QED) is 0.242. The molecular formula is C15H25N3O8Si. The molecule has 0 saturated carbocycles. The molecule has 0 aliphatic carbocycles. The molecule has 152 valence electrons. The molecule has 0 spiro atoms.